The van der Waals surface area contributed by atoms with E-state index in [1.165, 1.54) is 57.8 Å². The van der Waals surface area contributed by atoms with Crippen LogP contribution in [0.2, 0.25) is 0 Å². The number of carbonyl (C=O) groups is 1. The Morgan fingerprint density at radius 3 is 1.77 bits per heavy atom. The SMILES string of the molecule is C=CC(=O)NC(C(C)CCCCCCCCCCCCCC)S(=O)(=O)O. The maximum absolute atomic E-state index is 11.4. The predicted molar refractivity (Wildman–Crippen MR) is 109 cm³/mol. The van der Waals surface area contributed by atoms with Gasteiger partial charge in [0.15, 0.2) is 5.37 Å². The molecule has 0 fully saturated rings. The summed E-state index contributed by atoms with van der Waals surface area (Å²) >= 11 is 0. The van der Waals surface area contributed by atoms with Gasteiger partial charge >= 0.3 is 0 Å². The molecule has 154 valence electrons. The molecule has 0 saturated heterocycles. The molecule has 0 aliphatic rings. The smallest absolute Gasteiger partial charge is 0.286 e. The summed E-state index contributed by atoms with van der Waals surface area (Å²) in [5.41, 5.74) is 0. The first kappa shape index (κ1) is 25.1. The molecule has 0 bridgehead atoms. The quantitative estimate of drug-likeness (QED) is 0.203. The Labute approximate surface area is 160 Å². The van der Waals surface area contributed by atoms with Crippen molar-refractivity contribution in [3.05, 3.63) is 12.7 Å². The average Bonchev–Trinajstić information content (AvgIpc) is 2.59. The largest absolute Gasteiger partial charge is 0.334 e. The summed E-state index contributed by atoms with van der Waals surface area (Å²) in [6.07, 6.45) is 16.6. The number of hydrogen-bond acceptors (Lipinski definition) is 3. The lowest BCUT2D eigenvalue weighted by Gasteiger charge is -2.21. The van der Waals surface area contributed by atoms with E-state index in [1.807, 2.05) is 0 Å². The molecular formula is C20H39NO4S. The summed E-state index contributed by atoms with van der Waals surface area (Å²) in [5.74, 6) is -0.925. The van der Waals surface area contributed by atoms with Crippen molar-refractivity contribution in [2.75, 3.05) is 0 Å². The first-order chi connectivity index (χ1) is 12.3. The van der Waals surface area contributed by atoms with E-state index in [0.29, 0.717) is 6.42 Å². The Balaban J connectivity index is 3.78. The molecule has 5 nitrogen and oxygen atoms in total. The van der Waals surface area contributed by atoms with Crippen LogP contribution < -0.4 is 5.32 Å². The fourth-order valence-electron chi connectivity index (χ4n) is 3.17. The highest BCUT2D eigenvalue weighted by Gasteiger charge is 2.29. The van der Waals surface area contributed by atoms with Crippen LogP contribution in [0.5, 0.6) is 0 Å². The summed E-state index contributed by atoms with van der Waals surface area (Å²) < 4.78 is 32.2. The van der Waals surface area contributed by atoms with Gasteiger partial charge in [-0.25, -0.2) is 0 Å². The van der Waals surface area contributed by atoms with Crippen molar-refractivity contribution in [2.45, 2.75) is 103 Å². The van der Waals surface area contributed by atoms with E-state index < -0.39 is 21.4 Å². The summed E-state index contributed by atoms with van der Waals surface area (Å²) in [4.78, 5) is 11.3. The molecule has 1 amide bonds. The summed E-state index contributed by atoms with van der Waals surface area (Å²) in [7, 11) is -4.32. The first-order valence-electron chi connectivity index (χ1n) is 10.2. The molecule has 0 heterocycles. The van der Waals surface area contributed by atoms with Crippen LogP contribution in [0.15, 0.2) is 12.7 Å². The normalized spacial score (nSPS) is 14.0. The molecule has 2 atom stereocenters. The highest BCUT2D eigenvalue weighted by molar-refractivity contribution is 7.86. The highest BCUT2D eigenvalue weighted by Crippen LogP contribution is 2.18. The fourth-order valence-corrected chi connectivity index (χ4v) is 4.16. The molecule has 0 spiro atoms. The second-order valence-corrected chi connectivity index (χ2v) is 8.84. The van der Waals surface area contributed by atoms with E-state index in [1.54, 1.807) is 6.92 Å². The van der Waals surface area contributed by atoms with Crippen LogP contribution in [0.1, 0.15) is 97.3 Å². The van der Waals surface area contributed by atoms with Crippen LogP contribution >= 0.6 is 0 Å². The van der Waals surface area contributed by atoms with Crippen LogP contribution in [-0.4, -0.2) is 24.3 Å². The molecule has 0 aromatic rings. The van der Waals surface area contributed by atoms with E-state index in [-0.39, 0.29) is 5.92 Å². The van der Waals surface area contributed by atoms with Gasteiger partial charge in [-0.2, -0.15) is 8.42 Å². The molecule has 0 radical (unpaired) electrons. The van der Waals surface area contributed by atoms with Crippen LogP contribution in [0, 0.1) is 5.92 Å². The highest BCUT2D eigenvalue weighted by atomic mass is 32.2. The number of unbranched alkanes of at least 4 members (excludes halogenated alkanes) is 11. The van der Waals surface area contributed by atoms with Gasteiger partial charge in [0, 0.05) is 0 Å². The zero-order chi connectivity index (χ0) is 19.8. The van der Waals surface area contributed by atoms with Gasteiger partial charge in [-0.1, -0.05) is 97.5 Å². The fraction of sp³-hybridized carbons (Fsp3) is 0.850. The molecule has 2 unspecified atom stereocenters. The van der Waals surface area contributed by atoms with Crippen molar-refractivity contribution in [1.82, 2.24) is 5.32 Å². The minimum Gasteiger partial charge on any atom is -0.334 e. The average molecular weight is 390 g/mol. The second kappa shape index (κ2) is 15.2. The lowest BCUT2D eigenvalue weighted by atomic mass is 10.0. The molecule has 2 N–H and O–H groups in total. The van der Waals surface area contributed by atoms with Gasteiger partial charge < -0.3 is 5.32 Å². The second-order valence-electron chi connectivity index (χ2n) is 7.30. The number of nitrogens with one attached hydrogen (secondary N) is 1. The van der Waals surface area contributed by atoms with Crippen molar-refractivity contribution in [2.24, 2.45) is 5.92 Å². The van der Waals surface area contributed by atoms with E-state index in [9.17, 15) is 17.8 Å². The predicted octanol–water partition coefficient (Wildman–Crippen LogP) is 5.23. The van der Waals surface area contributed by atoms with Crippen molar-refractivity contribution < 1.29 is 17.8 Å². The van der Waals surface area contributed by atoms with Crippen LogP contribution in [-0.2, 0) is 14.9 Å². The van der Waals surface area contributed by atoms with Crippen molar-refractivity contribution in [3.63, 3.8) is 0 Å². The van der Waals surface area contributed by atoms with Gasteiger partial charge in [0.1, 0.15) is 0 Å². The lowest BCUT2D eigenvalue weighted by Crippen LogP contribution is -2.44. The van der Waals surface area contributed by atoms with Crippen LogP contribution in [0.25, 0.3) is 0 Å². The molecule has 26 heavy (non-hydrogen) atoms. The summed E-state index contributed by atoms with van der Waals surface area (Å²) in [6, 6.07) is 0. The third-order valence-electron chi connectivity index (χ3n) is 4.82. The molecule has 0 saturated carbocycles. The Morgan fingerprint density at radius 1 is 0.962 bits per heavy atom. The molecule has 6 heteroatoms. The van der Waals surface area contributed by atoms with Crippen molar-refractivity contribution >= 4 is 16.0 Å². The van der Waals surface area contributed by atoms with Gasteiger partial charge in [0.2, 0.25) is 5.91 Å². The maximum atomic E-state index is 11.4. The molecule has 0 rings (SSSR count). The Bertz CT molecular complexity index is 476. The summed E-state index contributed by atoms with van der Waals surface area (Å²) in [6.45, 7) is 7.28. The van der Waals surface area contributed by atoms with E-state index in [0.717, 1.165) is 25.3 Å². The third-order valence-corrected chi connectivity index (χ3v) is 6.04. The minimum atomic E-state index is -4.32. The Morgan fingerprint density at radius 2 is 1.38 bits per heavy atom. The van der Waals surface area contributed by atoms with Gasteiger partial charge in [0.05, 0.1) is 0 Å². The molecule has 0 aromatic heterocycles. The van der Waals surface area contributed by atoms with Gasteiger partial charge in [-0.3, -0.25) is 9.35 Å². The molecule has 0 aliphatic carbocycles. The van der Waals surface area contributed by atoms with Gasteiger partial charge in [-0.15, -0.1) is 0 Å². The number of carbonyl (C=O) groups excluding carboxylic acids is 1. The lowest BCUT2D eigenvalue weighted by molar-refractivity contribution is -0.117. The van der Waals surface area contributed by atoms with E-state index in [2.05, 4.69) is 18.8 Å². The molecular weight excluding hydrogens is 350 g/mol. The molecule has 0 aliphatic heterocycles. The maximum Gasteiger partial charge on any atom is 0.286 e. The Kier molecular flexibility index (Phi) is 14.7. The number of rotatable bonds is 17. The topological polar surface area (TPSA) is 83.5 Å². The number of amides is 1. The first-order valence-corrected chi connectivity index (χ1v) is 11.7. The van der Waals surface area contributed by atoms with Crippen LogP contribution in [0.4, 0.5) is 0 Å². The summed E-state index contributed by atoms with van der Waals surface area (Å²) in [5, 5.41) is 1.04. The minimum absolute atomic E-state index is 0.336. The third kappa shape index (κ3) is 13.3. The Hall–Kier alpha value is -0.880. The zero-order valence-corrected chi connectivity index (χ0v) is 17.5. The monoisotopic (exact) mass is 389 g/mol. The number of hydrogen-bond donors (Lipinski definition) is 2. The van der Waals surface area contributed by atoms with Crippen molar-refractivity contribution in [3.8, 4) is 0 Å². The van der Waals surface area contributed by atoms with Gasteiger partial charge in [0.25, 0.3) is 10.1 Å². The standard InChI is InChI=1S/C20H39NO4S/c1-4-6-7-8-9-10-11-12-13-14-15-16-17-18(3)20(26(23,24)25)21-19(22)5-2/h5,18,20H,2,4,6-17H2,1,3H3,(H,21,22)(H,23,24,25). The van der Waals surface area contributed by atoms with E-state index in [4.69, 9.17) is 0 Å². The van der Waals surface area contributed by atoms with Gasteiger partial charge in [-0.05, 0) is 18.4 Å². The van der Waals surface area contributed by atoms with Crippen LogP contribution in [0.3, 0.4) is 0 Å². The van der Waals surface area contributed by atoms with E-state index >= 15 is 0 Å². The molecule has 0 aromatic carbocycles. The van der Waals surface area contributed by atoms with Crippen molar-refractivity contribution in [1.29, 1.82) is 0 Å². The zero-order valence-electron chi connectivity index (χ0n) is 16.7.